The third-order valence-corrected chi connectivity index (χ3v) is 3.76. The van der Waals surface area contributed by atoms with E-state index in [1.165, 1.54) is 18.3 Å². The molecular weight excluding hydrogens is 356 g/mol. The highest BCUT2D eigenvalue weighted by Crippen LogP contribution is 2.24. The van der Waals surface area contributed by atoms with Crippen LogP contribution in [0.25, 0.3) is 22.4 Å². The minimum absolute atomic E-state index is 0.0573. The van der Waals surface area contributed by atoms with Crippen LogP contribution in [-0.4, -0.2) is 21.1 Å². The fraction of sp³-hybridized carbons (Fsp3) is 0.0526. The Kier molecular flexibility index (Phi) is 4.29. The molecule has 0 saturated carbocycles. The van der Waals surface area contributed by atoms with Crippen LogP contribution in [0.15, 0.2) is 59.3 Å². The average Bonchev–Trinajstić information content (AvgIpc) is 3.14. The first-order chi connectivity index (χ1) is 13.1. The molecule has 2 aromatic heterocycles. The number of ether oxygens (including phenoxy) is 1. The van der Waals surface area contributed by atoms with Crippen molar-refractivity contribution in [1.82, 2.24) is 15.1 Å². The number of halogens is 2. The van der Waals surface area contributed by atoms with E-state index in [-0.39, 0.29) is 29.3 Å². The van der Waals surface area contributed by atoms with Crippen LogP contribution < -0.4 is 0 Å². The Morgan fingerprint density at radius 1 is 1.07 bits per heavy atom. The van der Waals surface area contributed by atoms with E-state index in [1.807, 2.05) is 6.07 Å². The lowest BCUT2D eigenvalue weighted by molar-refractivity contribution is 0.0457. The first kappa shape index (κ1) is 16.8. The summed E-state index contributed by atoms with van der Waals surface area (Å²) in [5.41, 5.74) is 1.62. The number of aromatic nitrogens is 3. The highest BCUT2D eigenvalue weighted by molar-refractivity contribution is 5.89. The Hall–Kier alpha value is -3.68. The maximum Gasteiger partial charge on any atom is 0.358 e. The van der Waals surface area contributed by atoms with E-state index < -0.39 is 17.6 Å². The molecule has 134 valence electrons. The molecule has 2 heterocycles. The van der Waals surface area contributed by atoms with Crippen molar-refractivity contribution in [1.29, 1.82) is 0 Å². The van der Waals surface area contributed by atoms with Gasteiger partial charge in [0.25, 0.3) is 0 Å². The predicted molar refractivity (Wildman–Crippen MR) is 90.5 cm³/mol. The van der Waals surface area contributed by atoms with Gasteiger partial charge in [-0.25, -0.2) is 18.6 Å². The minimum atomic E-state index is -0.777. The summed E-state index contributed by atoms with van der Waals surface area (Å²) in [6.45, 7) is -0.195. The van der Waals surface area contributed by atoms with Crippen molar-refractivity contribution in [2.75, 3.05) is 0 Å². The second-order valence-electron chi connectivity index (χ2n) is 5.63. The van der Waals surface area contributed by atoms with Gasteiger partial charge in [0.2, 0.25) is 0 Å². The van der Waals surface area contributed by atoms with Gasteiger partial charge in [-0.15, -0.1) is 0 Å². The lowest BCUT2D eigenvalue weighted by Gasteiger charge is -2.02. The zero-order valence-electron chi connectivity index (χ0n) is 13.7. The van der Waals surface area contributed by atoms with Gasteiger partial charge in [0.1, 0.15) is 23.9 Å². The van der Waals surface area contributed by atoms with Gasteiger partial charge >= 0.3 is 5.97 Å². The Labute approximate surface area is 151 Å². The first-order valence-electron chi connectivity index (χ1n) is 7.90. The fourth-order valence-corrected chi connectivity index (χ4v) is 2.47. The number of carbonyl (C=O) groups is 1. The molecule has 0 aliphatic heterocycles. The number of hydrogen-bond donors (Lipinski definition) is 0. The van der Waals surface area contributed by atoms with Crippen LogP contribution in [-0.2, 0) is 11.3 Å². The monoisotopic (exact) mass is 367 g/mol. The van der Waals surface area contributed by atoms with Crippen LogP contribution in [0.4, 0.5) is 8.78 Å². The Morgan fingerprint density at radius 2 is 1.89 bits per heavy atom. The molecule has 0 atom stereocenters. The molecule has 2 aromatic carbocycles. The number of para-hydroxylation sites is 2. The molecule has 6 nitrogen and oxygen atoms in total. The van der Waals surface area contributed by atoms with Crippen LogP contribution >= 0.6 is 0 Å². The van der Waals surface area contributed by atoms with E-state index >= 15 is 0 Å². The zero-order valence-corrected chi connectivity index (χ0v) is 13.7. The van der Waals surface area contributed by atoms with Gasteiger partial charge in [-0.1, -0.05) is 17.3 Å². The van der Waals surface area contributed by atoms with Crippen LogP contribution in [0.5, 0.6) is 0 Å². The Morgan fingerprint density at radius 3 is 2.70 bits per heavy atom. The number of benzene rings is 2. The van der Waals surface area contributed by atoms with Crippen molar-refractivity contribution in [2.24, 2.45) is 0 Å². The van der Waals surface area contributed by atoms with Crippen molar-refractivity contribution in [3.63, 3.8) is 0 Å². The van der Waals surface area contributed by atoms with Crippen LogP contribution in [0.3, 0.4) is 0 Å². The van der Waals surface area contributed by atoms with E-state index in [1.54, 1.807) is 18.2 Å². The lowest BCUT2D eigenvalue weighted by atomic mass is 10.1. The summed E-state index contributed by atoms with van der Waals surface area (Å²) in [5.74, 6) is -2.04. The fourth-order valence-electron chi connectivity index (χ4n) is 2.47. The number of nitrogens with zero attached hydrogens (tertiary/aromatic N) is 3. The summed E-state index contributed by atoms with van der Waals surface area (Å²) in [5, 5.41) is 3.72. The number of hydrogen-bond acceptors (Lipinski definition) is 6. The highest BCUT2D eigenvalue weighted by Gasteiger charge is 2.15. The molecule has 4 aromatic rings. The molecule has 0 saturated heterocycles. The van der Waals surface area contributed by atoms with E-state index in [0.717, 1.165) is 12.1 Å². The Bertz CT molecular complexity index is 1140. The molecule has 0 bridgehead atoms. The molecule has 8 heteroatoms. The normalized spacial score (nSPS) is 10.9. The van der Waals surface area contributed by atoms with Crippen LogP contribution in [0.1, 0.15) is 16.2 Å². The van der Waals surface area contributed by atoms with Gasteiger partial charge in [0, 0.05) is 12.1 Å². The maximum atomic E-state index is 13.8. The highest BCUT2D eigenvalue weighted by atomic mass is 19.1. The van der Waals surface area contributed by atoms with E-state index in [0.29, 0.717) is 11.0 Å². The molecule has 0 radical (unpaired) electrons. The SMILES string of the molecule is O=C(OCc1cc(-c2ccc(F)cc2F)on1)c1cnc2ccccc2n1. The number of fused-ring (bicyclic) bond motifs is 1. The largest absolute Gasteiger partial charge is 0.454 e. The molecular formula is C19H11F2N3O3. The number of rotatable bonds is 4. The molecule has 0 aliphatic rings. The minimum Gasteiger partial charge on any atom is -0.454 e. The van der Waals surface area contributed by atoms with Crippen LogP contribution in [0, 0.1) is 11.6 Å². The third-order valence-electron chi connectivity index (χ3n) is 3.76. The standard InChI is InChI=1S/C19H11F2N3O3/c20-11-5-6-13(14(21)7-11)18-8-12(24-27-18)10-26-19(25)17-9-22-15-3-1-2-4-16(15)23-17/h1-9H,10H2. The number of carbonyl (C=O) groups excluding carboxylic acids is 1. The van der Waals surface area contributed by atoms with E-state index in [2.05, 4.69) is 15.1 Å². The summed E-state index contributed by atoms with van der Waals surface area (Å²) >= 11 is 0. The van der Waals surface area contributed by atoms with Gasteiger partial charge in [-0.2, -0.15) is 0 Å². The smallest absolute Gasteiger partial charge is 0.358 e. The molecule has 0 fully saturated rings. The molecule has 0 aliphatic carbocycles. The maximum absolute atomic E-state index is 13.8. The van der Waals surface area contributed by atoms with Crippen molar-refractivity contribution in [3.8, 4) is 11.3 Å². The molecule has 0 unspecified atom stereocenters. The van der Waals surface area contributed by atoms with Gasteiger partial charge in [-0.3, -0.25) is 4.98 Å². The second-order valence-corrected chi connectivity index (χ2v) is 5.63. The van der Waals surface area contributed by atoms with Gasteiger partial charge in [0.15, 0.2) is 11.5 Å². The van der Waals surface area contributed by atoms with Gasteiger partial charge in [-0.05, 0) is 24.3 Å². The van der Waals surface area contributed by atoms with Crippen molar-refractivity contribution in [3.05, 3.63) is 77.8 Å². The molecule has 0 spiro atoms. The molecule has 0 amide bonds. The van der Waals surface area contributed by atoms with E-state index in [9.17, 15) is 13.6 Å². The third kappa shape index (κ3) is 3.50. The predicted octanol–water partition coefficient (Wildman–Crippen LogP) is 3.92. The lowest BCUT2D eigenvalue weighted by Crippen LogP contribution is -2.08. The average molecular weight is 367 g/mol. The second kappa shape index (κ2) is 6.91. The first-order valence-corrected chi connectivity index (χ1v) is 7.90. The zero-order chi connectivity index (χ0) is 18.8. The molecule has 27 heavy (non-hydrogen) atoms. The van der Waals surface area contributed by atoms with Gasteiger partial charge in [0.05, 0.1) is 22.8 Å². The van der Waals surface area contributed by atoms with Crippen molar-refractivity contribution >= 4 is 17.0 Å². The van der Waals surface area contributed by atoms with Crippen molar-refractivity contribution < 1.29 is 22.8 Å². The number of esters is 1. The molecule has 0 N–H and O–H groups in total. The summed E-state index contributed by atoms with van der Waals surface area (Å²) in [4.78, 5) is 20.5. The summed E-state index contributed by atoms with van der Waals surface area (Å²) in [7, 11) is 0. The Balaban J connectivity index is 1.47. The topological polar surface area (TPSA) is 78.1 Å². The summed E-state index contributed by atoms with van der Waals surface area (Å²) < 4.78 is 36.9. The molecule has 4 rings (SSSR count). The van der Waals surface area contributed by atoms with Crippen molar-refractivity contribution in [2.45, 2.75) is 6.61 Å². The quantitative estimate of drug-likeness (QED) is 0.509. The summed E-state index contributed by atoms with van der Waals surface area (Å²) in [6, 6.07) is 11.6. The van der Waals surface area contributed by atoms with E-state index in [4.69, 9.17) is 9.26 Å². The van der Waals surface area contributed by atoms with Gasteiger partial charge < -0.3 is 9.26 Å². The summed E-state index contributed by atoms with van der Waals surface area (Å²) in [6.07, 6.45) is 1.33. The van der Waals surface area contributed by atoms with Crippen LogP contribution in [0.2, 0.25) is 0 Å².